The Morgan fingerprint density at radius 3 is 2.47 bits per heavy atom. The van der Waals surface area contributed by atoms with Gasteiger partial charge in [0.1, 0.15) is 5.75 Å². The minimum Gasteiger partial charge on any atom is -0.482 e. The zero-order valence-electron chi connectivity index (χ0n) is 10.2. The Kier molecular flexibility index (Phi) is 5.49. The third-order valence-corrected chi connectivity index (χ3v) is 2.31. The first-order valence-electron chi connectivity index (χ1n) is 5.73. The number of carbonyl (C=O) groups is 1. The molecule has 1 atom stereocenters. The van der Waals surface area contributed by atoms with Crippen LogP contribution in [0.5, 0.6) is 5.75 Å². The fraction of sp³-hybridized carbons (Fsp3) is 0.462. The Morgan fingerprint density at radius 2 is 1.94 bits per heavy atom. The number of esters is 1. The van der Waals surface area contributed by atoms with Crippen molar-refractivity contribution in [1.29, 1.82) is 0 Å². The summed E-state index contributed by atoms with van der Waals surface area (Å²) >= 11 is 0. The minimum absolute atomic E-state index is 0.0937. The van der Waals surface area contributed by atoms with E-state index in [2.05, 4.69) is 0 Å². The van der Waals surface area contributed by atoms with E-state index in [0.29, 0.717) is 18.8 Å². The lowest BCUT2D eigenvalue weighted by Crippen LogP contribution is -2.14. The number of rotatable bonds is 6. The van der Waals surface area contributed by atoms with Gasteiger partial charge in [0.25, 0.3) is 0 Å². The Labute approximate surface area is 101 Å². The predicted octanol–water partition coefficient (Wildman–Crippen LogP) is 2.07. The summed E-state index contributed by atoms with van der Waals surface area (Å²) in [7, 11) is 0. The summed E-state index contributed by atoms with van der Waals surface area (Å²) in [5.41, 5.74) is 0.844. The molecule has 0 amide bonds. The summed E-state index contributed by atoms with van der Waals surface area (Å²) in [5.74, 6) is 0.204. The fourth-order valence-corrected chi connectivity index (χ4v) is 1.37. The number of aliphatic hydroxyl groups is 1. The summed E-state index contributed by atoms with van der Waals surface area (Å²) in [4.78, 5) is 11.1. The van der Waals surface area contributed by atoms with Gasteiger partial charge < -0.3 is 14.6 Å². The van der Waals surface area contributed by atoms with Gasteiger partial charge in [0.05, 0.1) is 12.7 Å². The quantitative estimate of drug-likeness (QED) is 0.771. The van der Waals surface area contributed by atoms with Gasteiger partial charge in [-0.3, -0.25) is 0 Å². The van der Waals surface area contributed by atoms with Gasteiger partial charge in [0.2, 0.25) is 0 Å². The van der Waals surface area contributed by atoms with E-state index >= 15 is 0 Å². The summed E-state index contributed by atoms with van der Waals surface area (Å²) in [5, 5.41) is 9.59. The van der Waals surface area contributed by atoms with Crippen molar-refractivity contribution in [3.05, 3.63) is 29.8 Å². The average Bonchev–Trinajstić information content (AvgIpc) is 2.36. The molecule has 0 aliphatic rings. The molecule has 0 spiro atoms. The van der Waals surface area contributed by atoms with E-state index in [4.69, 9.17) is 9.47 Å². The van der Waals surface area contributed by atoms with Crippen LogP contribution in [0.1, 0.15) is 31.9 Å². The standard InChI is InChI=1S/C13H18O4/c1-3-12(14)10-5-7-11(8-6-10)17-9-13(15)16-4-2/h5-8,12,14H,3-4,9H2,1-2H3. The van der Waals surface area contributed by atoms with E-state index in [1.807, 2.05) is 6.92 Å². The average molecular weight is 238 g/mol. The molecule has 0 aliphatic heterocycles. The van der Waals surface area contributed by atoms with Crippen LogP contribution in [0.2, 0.25) is 0 Å². The van der Waals surface area contributed by atoms with Crippen LogP contribution in [-0.4, -0.2) is 24.3 Å². The van der Waals surface area contributed by atoms with Crippen LogP contribution in [0.25, 0.3) is 0 Å². The maximum atomic E-state index is 11.1. The molecule has 1 N–H and O–H groups in total. The van der Waals surface area contributed by atoms with Crippen LogP contribution in [0.15, 0.2) is 24.3 Å². The summed E-state index contributed by atoms with van der Waals surface area (Å²) in [6.45, 7) is 3.92. The largest absolute Gasteiger partial charge is 0.482 e. The molecule has 1 aromatic carbocycles. The Bertz CT molecular complexity index is 345. The van der Waals surface area contributed by atoms with Crippen LogP contribution < -0.4 is 4.74 Å². The Hall–Kier alpha value is -1.55. The summed E-state index contributed by atoms with van der Waals surface area (Å²) in [6, 6.07) is 7.03. The number of carbonyl (C=O) groups excluding carboxylic acids is 1. The molecule has 94 valence electrons. The van der Waals surface area contributed by atoms with E-state index in [0.717, 1.165) is 5.56 Å². The van der Waals surface area contributed by atoms with Crippen molar-refractivity contribution in [2.75, 3.05) is 13.2 Å². The van der Waals surface area contributed by atoms with Gasteiger partial charge in [0.15, 0.2) is 6.61 Å². The second-order valence-corrected chi connectivity index (χ2v) is 3.59. The van der Waals surface area contributed by atoms with Crippen LogP contribution in [-0.2, 0) is 9.53 Å². The fourth-order valence-electron chi connectivity index (χ4n) is 1.37. The maximum Gasteiger partial charge on any atom is 0.344 e. The van der Waals surface area contributed by atoms with Crippen molar-refractivity contribution in [1.82, 2.24) is 0 Å². The Morgan fingerprint density at radius 1 is 1.29 bits per heavy atom. The van der Waals surface area contributed by atoms with Crippen molar-refractivity contribution >= 4 is 5.97 Å². The van der Waals surface area contributed by atoms with E-state index < -0.39 is 6.10 Å². The van der Waals surface area contributed by atoms with E-state index in [1.54, 1.807) is 31.2 Å². The lowest BCUT2D eigenvalue weighted by atomic mass is 10.1. The van der Waals surface area contributed by atoms with Crippen LogP contribution in [0.3, 0.4) is 0 Å². The van der Waals surface area contributed by atoms with Gasteiger partial charge in [-0.15, -0.1) is 0 Å². The molecule has 1 unspecified atom stereocenters. The molecule has 1 aromatic rings. The highest BCUT2D eigenvalue weighted by molar-refractivity contribution is 5.71. The van der Waals surface area contributed by atoms with Gasteiger partial charge in [-0.1, -0.05) is 19.1 Å². The molecular weight excluding hydrogens is 220 g/mol. The van der Waals surface area contributed by atoms with E-state index in [-0.39, 0.29) is 12.6 Å². The highest BCUT2D eigenvalue weighted by Gasteiger charge is 2.06. The van der Waals surface area contributed by atoms with Crippen LogP contribution in [0, 0.1) is 0 Å². The molecule has 0 saturated carbocycles. The van der Waals surface area contributed by atoms with E-state index in [9.17, 15) is 9.90 Å². The molecule has 0 bridgehead atoms. The summed E-state index contributed by atoms with van der Waals surface area (Å²) < 4.78 is 9.97. The molecule has 1 rings (SSSR count). The molecule has 0 fully saturated rings. The van der Waals surface area contributed by atoms with E-state index in [1.165, 1.54) is 0 Å². The van der Waals surface area contributed by atoms with Crippen molar-refractivity contribution in [2.45, 2.75) is 26.4 Å². The molecule has 0 heterocycles. The van der Waals surface area contributed by atoms with Crippen LogP contribution >= 0.6 is 0 Å². The smallest absolute Gasteiger partial charge is 0.344 e. The number of benzene rings is 1. The molecule has 0 aromatic heterocycles. The lowest BCUT2D eigenvalue weighted by Gasteiger charge is -2.09. The van der Waals surface area contributed by atoms with Gasteiger partial charge in [-0.25, -0.2) is 4.79 Å². The lowest BCUT2D eigenvalue weighted by molar-refractivity contribution is -0.145. The van der Waals surface area contributed by atoms with Gasteiger partial charge in [0, 0.05) is 0 Å². The van der Waals surface area contributed by atoms with Gasteiger partial charge in [-0.05, 0) is 31.0 Å². The SMILES string of the molecule is CCOC(=O)COc1ccc(C(O)CC)cc1. The second kappa shape index (κ2) is 6.91. The highest BCUT2D eigenvalue weighted by Crippen LogP contribution is 2.19. The second-order valence-electron chi connectivity index (χ2n) is 3.59. The molecular formula is C13H18O4. The molecule has 0 saturated heterocycles. The molecule has 4 nitrogen and oxygen atoms in total. The third kappa shape index (κ3) is 4.44. The predicted molar refractivity (Wildman–Crippen MR) is 63.8 cm³/mol. The third-order valence-electron chi connectivity index (χ3n) is 2.31. The number of aliphatic hydroxyl groups excluding tert-OH is 1. The highest BCUT2D eigenvalue weighted by atomic mass is 16.6. The van der Waals surface area contributed by atoms with Crippen molar-refractivity contribution < 1.29 is 19.4 Å². The zero-order valence-corrected chi connectivity index (χ0v) is 10.2. The molecule has 17 heavy (non-hydrogen) atoms. The van der Waals surface area contributed by atoms with Crippen LogP contribution in [0.4, 0.5) is 0 Å². The monoisotopic (exact) mass is 238 g/mol. The van der Waals surface area contributed by atoms with Gasteiger partial charge in [-0.2, -0.15) is 0 Å². The molecule has 0 aliphatic carbocycles. The first-order chi connectivity index (χ1) is 8.17. The minimum atomic E-state index is -0.450. The zero-order chi connectivity index (χ0) is 12.7. The molecule has 4 heteroatoms. The van der Waals surface area contributed by atoms with Crippen molar-refractivity contribution in [3.63, 3.8) is 0 Å². The van der Waals surface area contributed by atoms with Crippen molar-refractivity contribution in [2.24, 2.45) is 0 Å². The van der Waals surface area contributed by atoms with Crippen molar-refractivity contribution in [3.8, 4) is 5.75 Å². The molecule has 0 radical (unpaired) electrons. The number of ether oxygens (including phenoxy) is 2. The first-order valence-corrected chi connectivity index (χ1v) is 5.73. The Balaban J connectivity index is 2.48. The van der Waals surface area contributed by atoms with Gasteiger partial charge >= 0.3 is 5.97 Å². The maximum absolute atomic E-state index is 11.1. The number of hydrogen-bond acceptors (Lipinski definition) is 4. The topological polar surface area (TPSA) is 55.8 Å². The summed E-state index contributed by atoms with van der Waals surface area (Å²) in [6.07, 6.45) is 0.220. The first kappa shape index (κ1) is 13.5. The number of hydrogen-bond donors (Lipinski definition) is 1. The normalized spacial score (nSPS) is 11.9.